The van der Waals surface area contributed by atoms with Crippen molar-refractivity contribution >= 4 is 16.6 Å². The molecule has 0 amide bonds. The zero-order valence-electron chi connectivity index (χ0n) is 4.83. The molecule has 0 unspecified atom stereocenters. The standard InChI is InChI=1S/CH2O3.Fe.H2O4S.Zn/c2-1(3)4;;1-5(2,3)4;/h(H2,2,3,4);;(H2,1,2,3,4);/q;+2;;+2/p-4. The van der Waals surface area contributed by atoms with Crippen LogP contribution in [0.1, 0.15) is 0 Å². The summed E-state index contributed by atoms with van der Waals surface area (Å²) >= 11 is 0. The topological polar surface area (TPSA) is 143 Å². The minimum atomic E-state index is -5.17. The van der Waals surface area contributed by atoms with E-state index in [0.717, 1.165) is 0 Å². The van der Waals surface area contributed by atoms with Crippen LogP contribution < -0.4 is 10.2 Å². The molecule has 0 aliphatic rings. The summed E-state index contributed by atoms with van der Waals surface area (Å²) in [5, 5.41) is 16.7. The predicted octanol–water partition coefficient (Wildman–Crippen LogP) is -3.79. The first-order chi connectivity index (χ1) is 3.73. The fraction of sp³-hybridized carbons (Fsp3) is 0. The molecule has 0 N–H and O–H groups in total. The van der Waals surface area contributed by atoms with Gasteiger partial charge in [0.2, 0.25) is 0 Å². The number of carbonyl (C=O) groups is 1. The summed E-state index contributed by atoms with van der Waals surface area (Å²) in [5.41, 5.74) is 0. The summed E-state index contributed by atoms with van der Waals surface area (Å²) in [5.74, 6) is 0. The predicted molar refractivity (Wildman–Crippen MR) is 15.9 cm³/mol. The van der Waals surface area contributed by atoms with E-state index in [9.17, 15) is 0 Å². The van der Waals surface area contributed by atoms with Crippen LogP contribution in [-0.2, 0) is 46.9 Å². The molecule has 0 spiro atoms. The van der Waals surface area contributed by atoms with Gasteiger partial charge in [0.1, 0.15) is 0 Å². The maximum Gasteiger partial charge on any atom is 2.00 e. The maximum absolute atomic E-state index is 8.52. The quantitative estimate of drug-likeness (QED) is 0.251. The Labute approximate surface area is 85.6 Å². The molecule has 62 valence electrons. The van der Waals surface area contributed by atoms with Crippen molar-refractivity contribution in [1.82, 2.24) is 0 Å². The van der Waals surface area contributed by atoms with Gasteiger partial charge in [-0.3, -0.25) is 8.42 Å². The van der Waals surface area contributed by atoms with Crippen LogP contribution in [0.25, 0.3) is 0 Å². The largest absolute Gasteiger partial charge is 2.00 e. The van der Waals surface area contributed by atoms with E-state index in [1.807, 2.05) is 0 Å². The zero-order valence-corrected chi connectivity index (χ0v) is 9.71. The van der Waals surface area contributed by atoms with Gasteiger partial charge >= 0.3 is 36.5 Å². The Morgan fingerprint density at radius 1 is 1.09 bits per heavy atom. The second-order valence-electron chi connectivity index (χ2n) is 0.658. The Kier molecular flexibility index (Phi) is 21.0. The SMILES string of the molecule is O=C([O-])[O-].O=S(=O)([O-])[O-].[Fe+2].[Zn+2]. The molecule has 0 aliphatic heterocycles. The maximum atomic E-state index is 8.52. The van der Waals surface area contributed by atoms with Crippen molar-refractivity contribution in [2.75, 3.05) is 0 Å². The first-order valence-corrected chi connectivity index (χ1v) is 2.61. The van der Waals surface area contributed by atoms with E-state index in [4.69, 9.17) is 32.5 Å². The van der Waals surface area contributed by atoms with Crippen LogP contribution in [0.2, 0.25) is 0 Å². The fourth-order valence-corrected chi connectivity index (χ4v) is 0. The fourth-order valence-electron chi connectivity index (χ4n) is 0. The van der Waals surface area contributed by atoms with Gasteiger partial charge in [-0.25, -0.2) is 0 Å². The van der Waals surface area contributed by atoms with E-state index in [1.54, 1.807) is 0 Å². The Bertz CT molecular complexity index is 161. The average Bonchev–Trinajstić information content (AvgIpc) is 1.19. The molecule has 0 heterocycles. The van der Waals surface area contributed by atoms with Crippen molar-refractivity contribution in [2.45, 2.75) is 0 Å². The van der Waals surface area contributed by atoms with E-state index >= 15 is 0 Å². The monoisotopic (exact) mass is 276 g/mol. The molecule has 0 saturated carbocycles. The first kappa shape index (κ1) is 22.5. The van der Waals surface area contributed by atoms with Crippen molar-refractivity contribution in [3.63, 3.8) is 0 Å². The Morgan fingerprint density at radius 3 is 1.09 bits per heavy atom. The molecule has 0 aliphatic carbocycles. The number of hydrogen-bond donors (Lipinski definition) is 0. The number of hydrogen-bond acceptors (Lipinski definition) is 7. The molecule has 0 atom stereocenters. The van der Waals surface area contributed by atoms with Gasteiger partial charge in [-0.1, -0.05) is 0 Å². The van der Waals surface area contributed by atoms with Crippen LogP contribution in [0.5, 0.6) is 0 Å². The van der Waals surface area contributed by atoms with Gasteiger partial charge in [0.25, 0.3) is 0 Å². The Hall–Kier alpha value is 0.283. The van der Waals surface area contributed by atoms with E-state index in [2.05, 4.69) is 0 Å². The summed E-state index contributed by atoms with van der Waals surface area (Å²) < 4.78 is 34.1. The minimum absolute atomic E-state index is 0. The van der Waals surface area contributed by atoms with Gasteiger partial charge in [-0.05, 0) is 6.16 Å². The molecule has 0 rings (SSSR count). The van der Waals surface area contributed by atoms with Gasteiger partial charge in [-0.2, -0.15) is 0 Å². The van der Waals surface area contributed by atoms with Gasteiger partial charge in [-0.15, -0.1) is 0 Å². The van der Waals surface area contributed by atoms with Crippen molar-refractivity contribution in [3.05, 3.63) is 0 Å². The Morgan fingerprint density at radius 2 is 1.09 bits per heavy atom. The molecular formula is CFeO7SZn. The normalized spacial score (nSPS) is 7.45. The molecule has 0 saturated heterocycles. The summed E-state index contributed by atoms with van der Waals surface area (Å²) in [6, 6.07) is 0. The summed E-state index contributed by atoms with van der Waals surface area (Å²) in [7, 11) is -5.17. The molecule has 0 aromatic rings. The van der Waals surface area contributed by atoms with Gasteiger partial charge in [0.05, 0.1) is 0 Å². The van der Waals surface area contributed by atoms with Crippen LogP contribution in [0, 0.1) is 0 Å². The van der Waals surface area contributed by atoms with Gasteiger partial charge in [0.15, 0.2) is 0 Å². The number of carbonyl (C=O) groups excluding carboxylic acids is 1. The molecule has 10 heteroatoms. The van der Waals surface area contributed by atoms with Crippen LogP contribution in [-0.4, -0.2) is 23.7 Å². The molecule has 0 aromatic carbocycles. The first-order valence-electron chi connectivity index (χ1n) is 1.28. The average molecular weight is 277 g/mol. The molecule has 0 bridgehead atoms. The summed E-state index contributed by atoms with van der Waals surface area (Å²) in [6.45, 7) is 0. The second kappa shape index (κ2) is 10.3. The molecule has 0 fully saturated rings. The second-order valence-corrected chi connectivity index (χ2v) is 1.47. The third-order valence-electron chi connectivity index (χ3n) is 0. The van der Waals surface area contributed by atoms with Crippen LogP contribution in [0.3, 0.4) is 0 Å². The third kappa shape index (κ3) is 8820. The minimum Gasteiger partial charge on any atom is -0.759 e. The van der Waals surface area contributed by atoms with Crippen LogP contribution in [0.4, 0.5) is 4.79 Å². The van der Waals surface area contributed by atoms with Crippen molar-refractivity contribution in [2.24, 2.45) is 0 Å². The van der Waals surface area contributed by atoms with E-state index in [1.165, 1.54) is 0 Å². The summed E-state index contributed by atoms with van der Waals surface area (Å²) in [6.07, 6.45) is -2.33. The molecule has 0 radical (unpaired) electrons. The smallest absolute Gasteiger partial charge is 0.759 e. The summed E-state index contributed by atoms with van der Waals surface area (Å²) in [4.78, 5) is 8.33. The van der Waals surface area contributed by atoms with Gasteiger partial charge in [0, 0.05) is 10.4 Å². The van der Waals surface area contributed by atoms with Crippen LogP contribution in [0.15, 0.2) is 0 Å². The van der Waals surface area contributed by atoms with Crippen molar-refractivity contribution in [3.8, 4) is 0 Å². The number of carboxylic acid groups (broad SMARTS) is 2. The molecule has 11 heavy (non-hydrogen) atoms. The Balaban J connectivity index is -0.0000000383. The van der Waals surface area contributed by atoms with Crippen molar-refractivity contribution < 1.29 is 69.1 Å². The van der Waals surface area contributed by atoms with Gasteiger partial charge < -0.3 is 24.1 Å². The van der Waals surface area contributed by atoms with E-state index < -0.39 is 16.6 Å². The van der Waals surface area contributed by atoms with Crippen LogP contribution >= 0.6 is 0 Å². The molecule has 0 aromatic heterocycles. The van der Waals surface area contributed by atoms with E-state index in [-0.39, 0.29) is 36.5 Å². The van der Waals surface area contributed by atoms with Crippen molar-refractivity contribution in [1.29, 1.82) is 0 Å². The number of rotatable bonds is 0. The zero-order chi connectivity index (χ0) is 8.08. The van der Waals surface area contributed by atoms with E-state index in [0.29, 0.717) is 0 Å². The molecular weight excluding hydrogens is 277 g/mol. The molecule has 7 nitrogen and oxygen atoms in total. The third-order valence-corrected chi connectivity index (χ3v) is 0.